The Morgan fingerprint density at radius 3 is 2.53 bits per heavy atom. The molecule has 32 heavy (non-hydrogen) atoms. The fraction of sp³-hybridized carbons (Fsp3) is 0.318. The van der Waals surface area contributed by atoms with Crippen LogP contribution in [0.3, 0.4) is 0 Å². The minimum absolute atomic E-state index is 0.0303. The van der Waals surface area contributed by atoms with E-state index in [0.717, 1.165) is 6.26 Å². The number of ether oxygens (including phenoxy) is 1. The van der Waals surface area contributed by atoms with Gasteiger partial charge >= 0.3 is 6.18 Å². The van der Waals surface area contributed by atoms with Crippen LogP contribution in [0.2, 0.25) is 0 Å². The number of alkyl halides is 3. The fourth-order valence-electron chi connectivity index (χ4n) is 4.20. The molecule has 0 spiro atoms. The Kier molecular flexibility index (Phi) is 4.84. The number of nitrogens with zero attached hydrogens (tertiary/aromatic N) is 1. The summed E-state index contributed by atoms with van der Waals surface area (Å²) in [5.41, 5.74) is -4.08. The second-order valence-corrected chi connectivity index (χ2v) is 10.3. The van der Waals surface area contributed by atoms with E-state index in [1.165, 1.54) is 25.1 Å². The first-order valence-corrected chi connectivity index (χ1v) is 11.5. The van der Waals surface area contributed by atoms with Crippen LogP contribution in [0.4, 0.5) is 13.2 Å². The number of nitriles is 1. The zero-order valence-electron chi connectivity index (χ0n) is 17.1. The number of halogens is 3. The van der Waals surface area contributed by atoms with Crippen molar-refractivity contribution in [2.75, 3.05) is 6.26 Å². The molecule has 10 heteroatoms. The number of aliphatic hydroxyl groups is 1. The molecular weight excluding hydrogens is 445 g/mol. The topological polar surface area (TPSA) is 103 Å². The molecule has 168 valence electrons. The number of hydrogen-bond donors (Lipinski definition) is 2. The molecule has 2 heterocycles. The van der Waals surface area contributed by atoms with Crippen LogP contribution in [0.5, 0.6) is 5.75 Å². The van der Waals surface area contributed by atoms with Gasteiger partial charge in [0.1, 0.15) is 17.4 Å². The van der Waals surface area contributed by atoms with Crippen molar-refractivity contribution in [2.45, 2.75) is 42.0 Å². The first kappa shape index (κ1) is 22.2. The van der Waals surface area contributed by atoms with Crippen LogP contribution in [0.25, 0.3) is 10.9 Å². The fourth-order valence-corrected chi connectivity index (χ4v) is 4.84. The molecule has 1 aliphatic rings. The number of sulfone groups is 1. The van der Waals surface area contributed by atoms with Crippen molar-refractivity contribution in [2.24, 2.45) is 0 Å². The summed E-state index contributed by atoms with van der Waals surface area (Å²) in [5.74, 6) is 0.257. The number of hydrogen-bond acceptors (Lipinski definition) is 5. The Morgan fingerprint density at radius 1 is 1.22 bits per heavy atom. The molecule has 0 aliphatic carbocycles. The van der Waals surface area contributed by atoms with E-state index in [4.69, 9.17) is 4.74 Å². The normalized spacial score (nSPS) is 20.0. The van der Waals surface area contributed by atoms with Gasteiger partial charge in [0.25, 0.3) is 0 Å². The Morgan fingerprint density at radius 2 is 1.91 bits per heavy atom. The summed E-state index contributed by atoms with van der Waals surface area (Å²) in [7, 11) is -3.58. The minimum atomic E-state index is -5.05. The Labute approximate surface area is 182 Å². The van der Waals surface area contributed by atoms with E-state index in [9.17, 15) is 32.0 Å². The number of benzene rings is 2. The standard InChI is InChI=1S/C22H19F3N2O4S/c1-20(16-9-13(32(2,29)30)7-8-19(16)31-20)12-21(28,22(23,24)25)10-18-15(11-26)14-5-3-4-6-17(14)27-18/h3-9,27-28H,10,12H2,1-2H3. The van der Waals surface area contributed by atoms with Crippen molar-refractivity contribution in [1.82, 2.24) is 4.98 Å². The summed E-state index contributed by atoms with van der Waals surface area (Å²) in [6, 6.07) is 12.5. The quantitative estimate of drug-likeness (QED) is 0.595. The van der Waals surface area contributed by atoms with Gasteiger partial charge < -0.3 is 14.8 Å². The summed E-state index contributed by atoms with van der Waals surface area (Å²) in [5, 5.41) is 20.8. The lowest BCUT2D eigenvalue weighted by atomic mass is 9.77. The van der Waals surface area contributed by atoms with Crippen molar-refractivity contribution in [3.8, 4) is 11.8 Å². The summed E-state index contributed by atoms with van der Waals surface area (Å²) in [6.45, 7) is 1.37. The van der Waals surface area contributed by atoms with Crippen LogP contribution in [0.15, 0.2) is 47.4 Å². The van der Waals surface area contributed by atoms with Crippen LogP contribution in [-0.4, -0.2) is 36.5 Å². The largest absolute Gasteiger partial charge is 0.482 e. The van der Waals surface area contributed by atoms with Gasteiger partial charge in [-0.1, -0.05) is 18.2 Å². The first-order valence-electron chi connectivity index (χ1n) is 9.60. The van der Waals surface area contributed by atoms with E-state index in [-0.39, 0.29) is 27.5 Å². The molecule has 0 radical (unpaired) electrons. The smallest absolute Gasteiger partial charge is 0.417 e. The third-order valence-electron chi connectivity index (χ3n) is 5.81. The van der Waals surface area contributed by atoms with E-state index in [1.807, 2.05) is 6.07 Å². The van der Waals surface area contributed by atoms with Gasteiger partial charge in [-0.3, -0.25) is 0 Å². The average Bonchev–Trinajstić information content (AvgIpc) is 3.02. The Bertz CT molecular complexity index is 1370. The predicted molar refractivity (Wildman–Crippen MR) is 110 cm³/mol. The predicted octanol–water partition coefficient (Wildman–Crippen LogP) is 3.98. The molecule has 0 fully saturated rings. The van der Waals surface area contributed by atoms with Crippen LogP contribution >= 0.6 is 0 Å². The number of aromatic amines is 1. The zero-order chi connectivity index (χ0) is 23.5. The van der Waals surface area contributed by atoms with E-state index in [2.05, 4.69) is 4.98 Å². The van der Waals surface area contributed by atoms with Gasteiger partial charge in [-0.2, -0.15) is 18.4 Å². The van der Waals surface area contributed by atoms with Gasteiger partial charge in [-0.25, -0.2) is 8.42 Å². The molecular formula is C22H19F3N2O4S. The summed E-state index contributed by atoms with van der Waals surface area (Å²) >= 11 is 0. The van der Waals surface area contributed by atoms with E-state index >= 15 is 0 Å². The van der Waals surface area contributed by atoms with Crippen molar-refractivity contribution >= 4 is 20.7 Å². The highest BCUT2D eigenvalue weighted by atomic mass is 32.2. The van der Waals surface area contributed by atoms with Crippen LogP contribution < -0.4 is 4.74 Å². The summed E-state index contributed by atoms with van der Waals surface area (Å²) < 4.78 is 71.6. The lowest BCUT2D eigenvalue weighted by molar-refractivity contribution is -0.276. The van der Waals surface area contributed by atoms with Gasteiger partial charge in [0.15, 0.2) is 15.4 Å². The van der Waals surface area contributed by atoms with Crippen molar-refractivity contribution in [3.63, 3.8) is 0 Å². The Balaban J connectivity index is 1.74. The van der Waals surface area contributed by atoms with E-state index in [0.29, 0.717) is 10.9 Å². The van der Waals surface area contributed by atoms with Gasteiger partial charge in [0.2, 0.25) is 0 Å². The van der Waals surface area contributed by atoms with E-state index < -0.39 is 40.1 Å². The summed E-state index contributed by atoms with van der Waals surface area (Å²) in [6.07, 6.45) is -5.83. The van der Waals surface area contributed by atoms with Crippen LogP contribution in [0.1, 0.15) is 30.2 Å². The molecule has 2 aromatic carbocycles. The average molecular weight is 464 g/mol. The highest BCUT2D eigenvalue weighted by Crippen LogP contribution is 2.52. The maximum absolute atomic E-state index is 14.1. The highest BCUT2D eigenvalue weighted by Gasteiger charge is 2.60. The zero-order valence-corrected chi connectivity index (χ0v) is 17.9. The molecule has 0 saturated carbocycles. The molecule has 2 N–H and O–H groups in total. The van der Waals surface area contributed by atoms with Gasteiger partial charge in [-0.15, -0.1) is 0 Å². The van der Waals surface area contributed by atoms with Crippen LogP contribution in [-0.2, 0) is 21.9 Å². The maximum Gasteiger partial charge on any atom is 0.417 e. The Hall–Kier alpha value is -3.03. The number of H-pyrrole nitrogens is 1. The maximum atomic E-state index is 14.1. The lowest BCUT2D eigenvalue weighted by Crippen LogP contribution is -2.55. The molecule has 1 aliphatic heterocycles. The van der Waals surface area contributed by atoms with Gasteiger partial charge in [-0.05, 0) is 31.2 Å². The number of nitrogens with one attached hydrogen (secondary N) is 1. The second-order valence-electron chi connectivity index (χ2n) is 8.28. The third kappa shape index (κ3) is 3.51. The molecule has 4 rings (SSSR count). The number of para-hydroxylation sites is 1. The molecule has 6 nitrogen and oxygen atoms in total. The summed E-state index contributed by atoms with van der Waals surface area (Å²) in [4.78, 5) is 2.76. The highest BCUT2D eigenvalue weighted by molar-refractivity contribution is 7.90. The van der Waals surface area contributed by atoms with Crippen LogP contribution in [0, 0.1) is 11.3 Å². The molecule has 1 aromatic heterocycles. The molecule has 0 amide bonds. The van der Waals surface area contributed by atoms with Crippen molar-refractivity contribution in [1.29, 1.82) is 5.26 Å². The molecule has 0 saturated heterocycles. The first-order chi connectivity index (χ1) is 14.8. The number of rotatable bonds is 5. The van der Waals surface area contributed by atoms with Gasteiger partial charge in [0, 0.05) is 41.3 Å². The van der Waals surface area contributed by atoms with Crippen molar-refractivity contribution in [3.05, 3.63) is 59.3 Å². The van der Waals surface area contributed by atoms with E-state index in [1.54, 1.807) is 24.3 Å². The molecule has 3 aromatic rings. The number of aromatic nitrogens is 1. The van der Waals surface area contributed by atoms with Crippen molar-refractivity contribution < 1.29 is 31.4 Å². The SMILES string of the molecule is CC1(CC(O)(Cc2[nH]c3ccccc3c2C#N)C(F)(F)F)Oc2ccc(S(C)(=O)=O)cc21. The second kappa shape index (κ2) is 6.98. The monoisotopic (exact) mass is 464 g/mol. The third-order valence-corrected chi connectivity index (χ3v) is 6.92. The minimum Gasteiger partial charge on any atom is -0.482 e. The molecule has 2 unspecified atom stereocenters. The lowest BCUT2D eigenvalue weighted by Gasteiger charge is -2.46. The van der Waals surface area contributed by atoms with Gasteiger partial charge in [0.05, 0.1) is 10.5 Å². The molecule has 2 atom stereocenters. The number of fused-ring (bicyclic) bond motifs is 2. The molecule has 0 bridgehead atoms.